The highest BCUT2D eigenvalue weighted by atomic mass is 32.2. The van der Waals surface area contributed by atoms with Gasteiger partial charge in [0.15, 0.2) is 0 Å². The standard InChI is InChI=1S/C26H37F2N3O4S/c1-5-35-23(32)19-7-6-14-30(17-19)36(33,34)20-8-9-22-21(15-20)29-24(25(2,3)4)31(22)16-18-10-12-26(27,28)13-11-18/h8-9,15,18-19H,5-7,10-14,16-17H2,1-4H3. The van der Waals surface area contributed by atoms with Crippen LogP contribution in [0.5, 0.6) is 0 Å². The van der Waals surface area contributed by atoms with Crippen LogP contribution in [0.2, 0.25) is 0 Å². The Labute approximate surface area is 212 Å². The van der Waals surface area contributed by atoms with Gasteiger partial charge in [0.2, 0.25) is 15.9 Å². The highest BCUT2D eigenvalue weighted by Gasteiger charge is 2.37. The molecule has 10 heteroatoms. The minimum atomic E-state index is -3.82. The predicted octanol–water partition coefficient (Wildman–Crippen LogP) is 5.12. The first-order chi connectivity index (χ1) is 16.8. The molecule has 1 unspecified atom stereocenters. The Morgan fingerprint density at radius 1 is 1.19 bits per heavy atom. The molecule has 200 valence electrons. The number of alkyl halides is 2. The molecule has 1 aromatic carbocycles. The summed E-state index contributed by atoms with van der Waals surface area (Å²) in [5.74, 6) is -2.47. The molecule has 1 saturated carbocycles. The van der Waals surface area contributed by atoms with Crippen molar-refractivity contribution in [2.45, 2.75) is 89.0 Å². The Morgan fingerprint density at radius 2 is 1.89 bits per heavy atom. The Hall–Kier alpha value is -2.07. The molecule has 0 amide bonds. The van der Waals surface area contributed by atoms with E-state index in [0.717, 1.165) is 11.3 Å². The fourth-order valence-corrected chi connectivity index (χ4v) is 6.87. The Kier molecular flexibility index (Phi) is 7.50. The summed E-state index contributed by atoms with van der Waals surface area (Å²) in [6, 6.07) is 4.96. The van der Waals surface area contributed by atoms with Crippen molar-refractivity contribution in [2.24, 2.45) is 11.8 Å². The van der Waals surface area contributed by atoms with Gasteiger partial charge in [-0.25, -0.2) is 22.2 Å². The SMILES string of the molecule is CCOC(=O)C1CCCN(S(=O)(=O)c2ccc3c(c2)nc(C(C)(C)C)n3CC2CCC(F)(F)CC2)C1. The monoisotopic (exact) mass is 525 g/mol. The van der Waals surface area contributed by atoms with Crippen LogP contribution in [0, 0.1) is 11.8 Å². The molecule has 1 aliphatic carbocycles. The molecule has 2 heterocycles. The molecule has 2 aliphatic rings. The lowest BCUT2D eigenvalue weighted by molar-refractivity contribution is -0.149. The van der Waals surface area contributed by atoms with Gasteiger partial charge < -0.3 is 9.30 Å². The molecule has 4 rings (SSSR count). The summed E-state index contributed by atoms with van der Waals surface area (Å²) in [7, 11) is -3.82. The maximum Gasteiger partial charge on any atom is 0.310 e. The number of ether oxygens (including phenoxy) is 1. The van der Waals surface area contributed by atoms with Gasteiger partial charge in [0.25, 0.3) is 0 Å². The van der Waals surface area contributed by atoms with Crippen molar-refractivity contribution >= 4 is 27.0 Å². The zero-order valence-corrected chi connectivity index (χ0v) is 22.4. The van der Waals surface area contributed by atoms with Crippen LogP contribution in [0.25, 0.3) is 11.0 Å². The number of rotatable bonds is 6. The molecule has 0 radical (unpaired) electrons. The van der Waals surface area contributed by atoms with Crippen LogP contribution in [-0.4, -0.2) is 53.9 Å². The van der Waals surface area contributed by atoms with E-state index in [9.17, 15) is 22.0 Å². The Morgan fingerprint density at radius 3 is 2.53 bits per heavy atom. The maximum absolute atomic E-state index is 13.7. The quantitative estimate of drug-likeness (QED) is 0.489. The number of fused-ring (bicyclic) bond motifs is 1. The number of halogens is 2. The van der Waals surface area contributed by atoms with Crippen LogP contribution in [0.1, 0.15) is 72.0 Å². The highest BCUT2D eigenvalue weighted by Crippen LogP contribution is 2.38. The molecule has 0 bridgehead atoms. The van der Waals surface area contributed by atoms with Crippen molar-refractivity contribution in [1.82, 2.24) is 13.9 Å². The number of carbonyl (C=O) groups is 1. The third-order valence-electron chi connectivity index (χ3n) is 7.31. The number of hydrogen-bond acceptors (Lipinski definition) is 5. The van der Waals surface area contributed by atoms with Gasteiger partial charge in [-0.3, -0.25) is 4.79 Å². The number of aromatic nitrogens is 2. The van der Waals surface area contributed by atoms with Crippen LogP contribution < -0.4 is 0 Å². The zero-order valence-electron chi connectivity index (χ0n) is 21.6. The van der Waals surface area contributed by atoms with Crippen LogP contribution in [0.4, 0.5) is 8.78 Å². The zero-order chi connectivity index (χ0) is 26.3. The van der Waals surface area contributed by atoms with E-state index >= 15 is 0 Å². The molecule has 1 aliphatic heterocycles. The number of nitrogens with zero attached hydrogens (tertiary/aromatic N) is 3. The lowest BCUT2D eigenvalue weighted by Crippen LogP contribution is -2.42. The number of imidazole rings is 1. The smallest absolute Gasteiger partial charge is 0.310 e. The first kappa shape index (κ1) is 27.0. The molecule has 0 N–H and O–H groups in total. The van der Waals surface area contributed by atoms with E-state index < -0.39 is 21.9 Å². The van der Waals surface area contributed by atoms with Gasteiger partial charge in [0.05, 0.1) is 28.5 Å². The second-order valence-corrected chi connectivity index (χ2v) is 13.1. The van der Waals surface area contributed by atoms with Gasteiger partial charge in [0, 0.05) is 37.9 Å². The number of esters is 1. The molecule has 1 aromatic heterocycles. The molecule has 36 heavy (non-hydrogen) atoms. The lowest BCUT2D eigenvalue weighted by Gasteiger charge is -2.30. The highest BCUT2D eigenvalue weighted by molar-refractivity contribution is 7.89. The van der Waals surface area contributed by atoms with Crippen LogP contribution in [0.3, 0.4) is 0 Å². The maximum atomic E-state index is 13.7. The summed E-state index contributed by atoms with van der Waals surface area (Å²) < 4.78 is 62.9. The molecule has 2 fully saturated rings. The number of piperidine rings is 1. The van der Waals surface area contributed by atoms with E-state index in [1.54, 1.807) is 25.1 Å². The van der Waals surface area contributed by atoms with Crippen molar-refractivity contribution < 1.29 is 26.7 Å². The van der Waals surface area contributed by atoms with Crippen LogP contribution in [-0.2, 0) is 31.5 Å². The summed E-state index contributed by atoms with van der Waals surface area (Å²) in [4.78, 5) is 17.2. The third-order valence-corrected chi connectivity index (χ3v) is 9.17. The lowest BCUT2D eigenvalue weighted by atomic mass is 9.86. The third kappa shape index (κ3) is 5.59. The Bertz CT molecular complexity index is 1210. The van der Waals surface area contributed by atoms with Gasteiger partial charge >= 0.3 is 5.97 Å². The largest absolute Gasteiger partial charge is 0.466 e. The summed E-state index contributed by atoms with van der Waals surface area (Å²) in [5.41, 5.74) is 1.07. The molecular weight excluding hydrogens is 488 g/mol. The minimum Gasteiger partial charge on any atom is -0.466 e. The van der Waals surface area contributed by atoms with E-state index in [4.69, 9.17) is 9.72 Å². The molecular formula is C26H37F2N3O4S. The first-order valence-corrected chi connectivity index (χ1v) is 14.3. The number of carbonyl (C=O) groups excluding carboxylic acids is 1. The van der Waals surface area contributed by atoms with Gasteiger partial charge in [-0.2, -0.15) is 4.31 Å². The van der Waals surface area contributed by atoms with Crippen molar-refractivity contribution in [3.8, 4) is 0 Å². The predicted molar refractivity (Wildman–Crippen MR) is 133 cm³/mol. The van der Waals surface area contributed by atoms with E-state index in [2.05, 4.69) is 4.57 Å². The summed E-state index contributed by atoms with van der Waals surface area (Å²) in [6.45, 7) is 9.16. The summed E-state index contributed by atoms with van der Waals surface area (Å²) in [5, 5.41) is 0. The number of benzene rings is 1. The molecule has 1 saturated heterocycles. The van der Waals surface area contributed by atoms with E-state index in [0.29, 0.717) is 44.3 Å². The topological polar surface area (TPSA) is 81.5 Å². The van der Waals surface area contributed by atoms with Crippen molar-refractivity contribution in [2.75, 3.05) is 19.7 Å². The van der Waals surface area contributed by atoms with Crippen molar-refractivity contribution in [3.05, 3.63) is 24.0 Å². The molecule has 7 nitrogen and oxygen atoms in total. The number of sulfonamides is 1. The van der Waals surface area contributed by atoms with Gasteiger partial charge in [0.1, 0.15) is 5.82 Å². The molecule has 0 spiro atoms. The summed E-state index contributed by atoms with van der Waals surface area (Å²) >= 11 is 0. The molecule has 2 aromatic rings. The normalized spacial score (nSPS) is 22.1. The van der Waals surface area contributed by atoms with Crippen molar-refractivity contribution in [3.63, 3.8) is 0 Å². The Balaban J connectivity index is 1.63. The van der Waals surface area contributed by atoms with E-state index in [1.165, 1.54) is 4.31 Å². The average molecular weight is 526 g/mol. The first-order valence-electron chi connectivity index (χ1n) is 12.9. The van der Waals surface area contributed by atoms with E-state index in [1.807, 2.05) is 20.8 Å². The molecule has 1 atom stereocenters. The van der Waals surface area contributed by atoms with E-state index in [-0.39, 0.29) is 48.2 Å². The van der Waals surface area contributed by atoms with Crippen LogP contribution in [0.15, 0.2) is 23.1 Å². The minimum absolute atomic E-state index is 0.0971. The van der Waals surface area contributed by atoms with Gasteiger partial charge in [-0.1, -0.05) is 20.8 Å². The van der Waals surface area contributed by atoms with Crippen molar-refractivity contribution in [1.29, 1.82) is 0 Å². The number of hydrogen-bond donors (Lipinski definition) is 0. The fourth-order valence-electron chi connectivity index (χ4n) is 5.33. The second kappa shape index (κ2) is 10.0. The summed E-state index contributed by atoms with van der Waals surface area (Å²) in [6.07, 6.45) is 1.92. The van der Waals surface area contributed by atoms with Gasteiger partial charge in [-0.05, 0) is 56.7 Å². The fraction of sp³-hybridized carbons (Fsp3) is 0.692. The second-order valence-electron chi connectivity index (χ2n) is 11.2. The average Bonchev–Trinajstić information content (AvgIpc) is 3.19. The van der Waals surface area contributed by atoms with Crippen LogP contribution >= 0.6 is 0 Å². The van der Waals surface area contributed by atoms with Gasteiger partial charge in [-0.15, -0.1) is 0 Å².